The fraction of sp³-hybridized carbons (Fsp3) is 0.500. The summed E-state index contributed by atoms with van der Waals surface area (Å²) in [6, 6.07) is 2.18. The molecule has 1 aromatic rings. The standard InChI is InChI=1S/C12H17BrFN3O2/c1-2-3-4-8(7-15)16-11-6-10(14)9(13)5-12(11)17(18)19/h5-6,8,16H,2-4,7,15H2,1H3. The van der Waals surface area contributed by atoms with Gasteiger partial charge in [-0.2, -0.15) is 0 Å². The highest BCUT2D eigenvalue weighted by molar-refractivity contribution is 9.10. The van der Waals surface area contributed by atoms with Gasteiger partial charge in [0.15, 0.2) is 0 Å². The van der Waals surface area contributed by atoms with Crippen LogP contribution in [0.1, 0.15) is 26.2 Å². The van der Waals surface area contributed by atoms with Gasteiger partial charge < -0.3 is 11.1 Å². The minimum atomic E-state index is -0.542. The van der Waals surface area contributed by atoms with Crippen LogP contribution < -0.4 is 11.1 Å². The zero-order valence-electron chi connectivity index (χ0n) is 10.7. The van der Waals surface area contributed by atoms with Crippen LogP contribution in [0.5, 0.6) is 0 Å². The van der Waals surface area contributed by atoms with Crippen molar-refractivity contribution in [2.75, 3.05) is 11.9 Å². The predicted octanol–water partition coefficient (Wildman–Crippen LogP) is 3.43. The van der Waals surface area contributed by atoms with Crippen molar-refractivity contribution >= 4 is 27.3 Å². The molecule has 0 radical (unpaired) electrons. The largest absolute Gasteiger partial charge is 0.375 e. The minimum absolute atomic E-state index is 0.0719. The molecule has 19 heavy (non-hydrogen) atoms. The third-order valence-electron chi connectivity index (χ3n) is 2.79. The van der Waals surface area contributed by atoms with E-state index < -0.39 is 10.7 Å². The van der Waals surface area contributed by atoms with E-state index in [4.69, 9.17) is 5.73 Å². The van der Waals surface area contributed by atoms with Gasteiger partial charge in [-0.15, -0.1) is 0 Å². The lowest BCUT2D eigenvalue weighted by Crippen LogP contribution is -2.29. The molecule has 0 saturated carbocycles. The molecule has 0 heterocycles. The molecule has 1 rings (SSSR count). The first-order valence-corrected chi connectivity index (χ1v) is 6.88. The molecule has 0 bridgehead atoms. The van der Waals surface area contributed by atoms with Crippen LogP contribution in [0.15, 0.2) is 16.6 Å². The number of hydrogen-bond acceptors (Lipinski definition) is 4. The van der Waals surface area contributed by atoms with Gasteiger partial charge in [-0.1, -0.05) is 19.8 Å². The Hall–Kier alpha value is -1.21. The lowest BCUT2D eigenvalue weighted by Gasteiger charge is -2.18. The lowest BCUT2D eigenvalue weighted by atomic mass is 10.1. The molecule has 1 unspecified atom stereocenters. The number of nitrogens with one attached hydrogen (secondary N) is 1. The van der Waals surface area contributed by atoms with E-state index in [0.29, 0.717) is 6.54 Å². The molecule has 0 aliphatic carbocycles. The molecule has 106 valence electrons. The molecule has 3 N–H and O–H groups in total. The summed E-state index contributed by atoms with van der Waals surface area (Å²) in [4.78, 5) is 10.4. The second-order valence-corrected chi connectivity index (χ2v) is 5.11. The number of nitrogens with zero attached hydrogens (tertiary/aromatic N) is 1. The minimum Gasteiger partial charge on any atom is -0.375 e. The molecule has 0 saturated heterocycles. The van der Waals surface area contributed by atoms with Crippen LogP contribution in [-0.2, 0) is 0 Å². The first kappa shape index (κ1) is 15.8. The zero-order valence-corrected chi connectivity index (χ0v) is 12.2. The summed E-state index contributed by atoms with van der Waals surface area (Å²) >= 11 is 2.94. The van der Waals surface area contributed by atoms with Gasteiger partial charge >= 0.3 is 0 Å². The van der Waals surface area contributed by atoms with E-state index in [-0.39, 0.29) is 21.9 Å². The summed E-state index contributed by atoms with van der Waals surface area (Å²) in [7, 11) is 0. The van der Waals surface area contributed by atoms with Crippen LogP contribution in [0.4, 0.5) is 15.8 Å². The van der Waals surface area contributed by atoms with Crippen LogP contribution in [-0.4, -0.2) is 17.5 Å². The maximum atomic E-state index is 13.5. The van der Waals surface area contributed by atoms with Crippen LogP contribution in [0.25, 0.3) is 0 Å². The number of nitro groups is 1. The van der Waals surface area contributed by atoms with Crippen molar-refractivity contribution < 1.29 is 9.31 Å². The van der Waals surface area contributed by atoms with Crippen LogP contribution in [0.3, 0.4) is 0 Å². The van der Waals surface area contributed by atoms with E-state index in [2.05, 4.69) is 28.2 Å². The van der Waals surface area contributed by atoms with E-state index in [1.165, 1.54) is 0 Å². The van der Waals surface area contributed by atoms with Gasteiger partial charge in [0.25, 0.3) is 5.69 Å². The molecule has 0 aliphatic rings. The smallest absolute Gasteiger partial charge is 0.293 e. The summed E-state index contributed by atoms with van der Waals surface area (Å²) in [5.74, 6) is -0.542. The number of unbranched alkanes of at least 4 members (excludes halogenated alkanes) is 1. The van der Waals surface area contributed by atoms with Crippen molar-refractivity contribution in [1.29, 1.82) is 0 Å². The first-order valence-electron chi connectivity index (χ1n) is 6.09. The summed E-state index contributed by atoms with van der Waals surface area (Å²) in [5.41, 5.74) is 5.62. The molecule has 0 aliphatic heterocycles. The summed E-state index contributed by atoms with van der Waals surface area (Å²) < 4.78 is 13.6. The Morgan fingerprint density at radius 2 is 2.26 bits per heavy atom. The van der Waals surface area contributed by atoms with Crippen molar-refractivity contribution in [2.45, 2.75) is 32.2 Å². The second kappa shape index (κ2) is 7.40. The lowest BCUT2D eigenvalue weighted by molar-refractivity contribution is -0.384. The topological polar surface area (TPSA) is 81.2 Å². The normalized spacial score (nSPS) is 12.2. The van der Waals surface area contributed by atoms with Gasteiger partial charge in [0.2, 0.25) is 0 Å². The fourth-order valence-electron chi connectivity index (χ4n) is 1.72. The van der Waals surface area contributed by atoms with E-state index in [0.717, 1.165) is 31.4 Å². The van der Waals surface area contributed by atoms with Crippen LogP contribution in [0, 0.1) is 15.9 Å². The van der Waals surface area contributed by atoms with Gasteiger partial charge in [-0.05, 0) is 22.4 Å². The number of halogens is 2. The second-order valence-electron chi connectivity index (χ2n) is 4.26. The number of nitro benzene ring substituents is 1. The van der Waals surface area contributed by atoms with Gasteiger partial charge in [-0.3, -0.25) is 10.1 Å². The maximum absolute atomic E-state index is 13.5. The van der Waals surface area contributed by atoms with Crippen LogP contribution >= 0.6 is 15.9 Å². The molecule has 0 aromatic heterocycles. The summed E-state index contributed by atoms with van der Waals surface area (Å²) in [6.07, 6.45) is 2.76. The Labute approximate surface area is 119 Å². The molecule has 1 aromatic carbocycles. The average Bonchev–Trinajstić information content (AvgIpc) is 2.37. The highest BCUT2D eigenvalue weighted by atomic mass is 79.9. The third-order valence-corrected chi connectivity index (χ3v) is 3.39. The van der Waals surface area contributed by atoms with E-state index in [1.54, 1.807) is 0 Å². The maximum Gasteiger partial charge on any atom is 0.293 e. The summed E-state index contributed by atoms with van der Waals surface area (Å²) in [5, 5.41) is 13.9. The van der Waals surface area contributed by atoms with Gasteiger partial charge in [0.1, 0.15) is 11.5 Å². The van der Waals surface area contributed by atoms with Crippen molar-refractivity contribution in [3.8, 4) is 0 Å². The first-order chi connectivity index (χ1) is 8.99. The third kappa shape index (κ3) is 4.43. The molecule has 1 atom stereocenters. The Morgan fingerprint density at radius 3 is 2.79 bits per heavy atom. The molecule has 7 heteroatoms. The monoisotopic (exact) mass is 333 g/mol. The molecule has 0 fully saturated rings. The summed E-state index contributed by atoms with van der Waals surface area (Å²) in [6.45, 7) is 2.39. The Morgan fingerprint density at radius 1 is 1.58 bits per heavy atom. The molecule has 0 amide bonds. The fourth-order valence-corrected chi connectivity index (χ4v) is 2.05. The molecular formula is C12H17BrFN3O2. The highest BCUT2D eigenvalue weighted by Crippen LogP contribution is 2.31. The Bertz CT molecular complexity index is 457. The van der Waals surface area contributed by atoms with Gasteiger partial charge in [0, 0.05) is 24.7 Å². The highest BCUT2D eigenvalue weighted by Gasteiger charge is 2.19. The Kier molecular flexibility index (Phi) is 6.17. The zero-order chi connectivity index (χ0) is 14.4. The van der Waals surface area contributed by atoms with Crippen molar-refractivity contribution in [2.24, 2.45) is 5.73 Å². The SMILES string of the molecule is CCCCC(CN)Nc1cc(F)c(Br)cc1[N+](=O)[O-]. The molecular weight excluding hydrogens is 317 g/mol. The van der Waals surface area contributed by atoms with Gasteiger partial charge in [-0.25, -0.2) is 4.39 Å². The number of rotatable bonds is 7. The number of hydrogen-bond donors (Lipinski definition) is 2. The predicted molar refractivity (Wildman–Crippen MR) is 76.7 cm³/mol. The van der Waals surface area contributed by atoms with Crippen molar-refractivity contribution in [1.82, 2.24) is 0 Å². The number of benzene rings is 1. The Balaban J connectivity index is 2.97. The van der Waals surface area contributed by atoms with E-state index >= 15 is 0 Å². The average molecular weight is 334 g/mol. The number of nitrogens with two attached hydrogens (primary N) is 1. The molecule has 0 spiro atoms. The quantitative estimate of drug-likeness (QED) is 0.591. The van der Waals surface area contributed by atoms with Gasteiger partial charge in [0.05, 0.1) is 9.40 Å². The van der Waals surface area contributed by atoms with E-state index in [9.17, 15) is 14.5 Å². The molecule has 5 nitrogen and oxygen atoms in total. The van der Waals surface area contributed by atoms with E-state index in [1.807, 2.05) is 0 Å². The van der Waals surface area contributed by atoms with Crippen molar-refractivity contribution in [3.63, 3.8) is 0 Å². The number of anilines is 1. The van der Waals surface area contributed by atoms with Crippen molar-refractivity contribution in [3.05, 3.63) is 32.5 Å². The van der Waals surface area contributed by atoms with Crippen LogP contribution in [0.2, 0.25) is 0 Å².